The van der Waals surface area contributed by atoms with E-state index in [1.165, 1.54) is 30.3 Å². The van der Waals surface area contributed by atoms with Gasteiger partial charge in [0.05, 0.1) is 21.4 Å². The van der Waals surface area contributed by atoms with Gasteiger partial charge in [-0.3, -0.25) is 4.79 Å². The quantitative estimate of drug-likeness (QED) is 0.757. The van der Waals surface area contributed by atoms with Crippen molar-refractivity contribution in [3.05, 3.63) is 52.0 Å². The second-order valence-corrected chi connectivity index (χ2v) is 7.63. The molecule has 24 heavy (non-hydrogen) atoms. The number of rotatable bonds is 5. The smallest absolute Gasteiger partial charge is 1.00 e. The van der Waals surface area contributed by atoms with E-state index < -0.39 is 15.8 Å². The summed E-state index contributed by atoms with van der Waals surface area (Å²) < 4.78 is 28.5. The van der Waals surface area contributed by atoms with E-state index in [0.29, 0.717) is 5.56 Å². The second-order valence-electron chi connectivity index (χ2n) is 4.80. The van der Waals surface area contributed by atoms with Crippen molar-refractivity contribution in [2.75, 3.05) is 6.26 Å². The molecule has 0 bridgehead atoms. The van der Waals surface area contributed by atoms with Gasteiger partial charge in [-0.2, -0.15) is 0 Å². The third kappa shape index (κ3) is 5.65. The summed E-state index contributed by atoms with van der Waals surface area (Å²) in [4.78, 5) is 10.8. The summed E-state index contributed by atoms with van der Waals surface area (Å²) in [6.45, 7) is 0. The Bertz CT molecular complexity index is 874. The van der Waals surface area contributed by atoms with Gasteiger partial charge in [0.25, 0.3) is 0 Å². The van der Waals surface area contributed by atoms with Crippen LogP contribution in [0.1, 0.15) is 6.99 Å². The van der Waals surface area contributed by atoms with Crippen molar-refractivity contribution in [1.82, 2.24) is 0 Å². The third-order valence-electron chi connectivity index (χ3n) is 2.90. The Morgan fingerprint density at radius 3 is 2.33 bits per heavy atom. The summed E-state index contributed by atoms with van der Waals surface area (Å²) in [5.41, 5.74) is 0.515. The van der Waals surface area contributed by atoms with Gasteiger partial charge < -0.3 is 11.3 Å². The van der Waals surface area contributed by atoms with Crippen LogP contribution in [0.4, 0.5) is 0 Å². The summed E-state index contributed by atoms with van der Waals surface area (Å²) in [7, 11) is -3.37. The minimum atomic E-state index is -3.37. The summed E-state index contributed by atoms with van der Waals surface area (Å²) in [6.07, 6.45) is 0.902. The molecule has 1 N–H and O–H groups in total. The number of benzene rings is 2. The monoisotopic (exact) mass is 398 g/mol. The van der Waals surface area contributed by atoms with Gasteiger partial charge in [0.15, 0.2) is 9.84 Å². The van der Waals surface area contributed by atoms with Crippen LogP contribution in [-0.2, 0) is 21.1 Å². The van der Waals surface area contributed by atoms with Crippen molar-refractivity contribution in [3.63, 3.8) is 0 Å². The molecule has 0 amide bonds. The maximum Gasteiger partial charge on any atom is 1.00 e. The van der Waals surface area contributed by atoms with Gasteiger partial charge in [0.1, 0.15) is 11.5 Å². The van der Waals surface area contributed by atoms with Crippen molar-refractivity contribution >= 4 is 39.0 Å². The summed E-state index contributed by atoms with van der Waals surface area (Å²) in [5.74, 6) is -0.526. The van der Waals surface area contributed by atoms with Gasteiger partial charge in [-0.15, -0.1) is 0 Å². The van der Waals surface area contributed by atoms with Crippen molar-refractivity contribution < 1.29 is 54.0 Å². The zero-order valence-corrected chi connectivity index (χ0v) is 17.2. The van der Waals surface area contributed by atoms with E-state index in [-0.39, 0.29) is 63.8 Å². The Hall–Kier alpha value is -0.760. The second kappa shape index (κ2) is 8.56. The molecular formula is C15H13Cl2NaO5S. The number of carboxylic acids is 1. The minimum Gasteiger partial charge on any atom is -1.00 e. The fourth-order valence-corrected chi connectivity index (χ4v) is 2.91. The molecule has 0 radical (unpaired) electrons. The number of hydrogen-bond donors (Lipinski definition) is 1. The van der Waals surface area contributed by atoms with Gasteiger partial charge in [0.2, 0.25) is 0 Å². The average molecular weight is 399 g/mol. The first-order valence-electron chi connectivity index (χ1n) is 6.34. The van der Waals surface area contributed by atoms with Crippen LogP contribution in [0.3, 0.4) is 0 Å². The maximum atomic E-state index is 11.5. The van der Waals surface area contributed by atoms with Crippen molar-refractivity contribution in [2.24, 2.45) is 0 Å². The first-order chi connectivity index (χ1) is 10.7. The number of carboxylic acid groups (broad SMARTS) is 1. The Balaban J connectivity index is 0.00000288. The van der Waals surface area contributed by atoms with E-state index >= 15 is 0 Å². The average Bonchev–Trinajstić information content (AvgIpc) is 2.43. The van der Waals surface area contributed by atoms with Crippen molar-refractivity contribution in [1.29, 1.82) is 0 Å². The van der Waals surface area contributed by atoms with Crippen LogP contribution in [0.2, 0.25) is 10.0 Å². The summed E-state index contributed by atoms with van der Waals surface area (Å²) >= 11 is 12.1. The zero-order valence-electron chi connectivity index (χ0n) is 13.9. The van der Waals surface area contributed by atoms with Gasteiger partial charge in [-0.05, 0) is 35.9 Å². The largest absolute Gasteiger partial charge is 1.00 e. The van der Waals surface area contributed by atoms with Gasteiger partial charge in [-0.25, -0.2) is 8.42 Å². The first-order valence-corrected chi connectivity index (χ1v) is 8.99. The normalized spacial score (nSPS) is 10.8. The molecule has 0 aliphatic carbocycles. The molecule has 0 fully saturated rings. The Kier molecular flexibility index (Phi) is 7.59. The maximum absolute atomic E-state index is 11.5. The predicted molar refractivity (Wildman–Crippen MR) is 88.5 cm³/mol. The molecular weight excluding hydrogens is 386 g/mol. The molecule has 2 aromatic rings. The molecule has 0 aliphatic heterocycles. The van der Waals surface area contributed by atoms with E-state index in [0.717, 1.165) is 6.26 Å². The van der Waals surface area contributed by atoms with E-state index in [1.807, 2.05) is 0 Å². The zero-order chi connectivity index (χ0) is 17.2. The summed E-state index contributed by atoms with van der Waals surface area (Å²) in [5, 5.41) is 9.20. The van der Waals surface area contributed by atoms with Crippen LogP contribution >= 0.6 is 23.2 Å². The first kappa shape index (κ1) is 21.3. The molecule has 5 nitrogen and oxygen atoms in total. The van der Waals surface area contributed by atoms with E-state index in [9.17, 15) is 13.2 Å². The molecule has 124 valence electrons. The SMILES string of the molecule is CS(=O)(=O)c1ccc(Oc2cc(CC(=O)O)ccc2Cl)c(Cl)c1.[H-].[Na+]. The van der Waals surface area contributed by atoms with Crippen LogP contribution < -0.4 is 34.3 Å². The topological polar surface area (TPSA) is 80.7 Å². The Morgan fingerprint density at radius 2 is 1.79 bits per heavy atom. The van der Waals surface area contributed by atoms with E-state index in [1.54, 1.807) is 6.07 Å². The molecule has 2 rings (SSSR count). The number of hydrogen-bond acceptors (Lipinski definition) is 4. The molecule has 2 aromatic carbocycles. The standard InChI is InChI=1S/C15H12Cl2O5S.Na.H/c1-23(20,21)10-3-5-13(12(17)8-10)22-14-6-9(7-15(18)19)2-4-11(14)16;;/h2-6,8H,7H2,1H3,(H,18,19);;/q;+1;-1. The molecule has 0 saturated carbocycles. The van der Waals surface area contributed by atoms with Crippen LogP contribution in [0, 0.1) is 0 Å². The molecule has 0 atom stereocenters. The fraction of sp³-hybridized carbons (Fsp3) is 0.133. The minimum absolute atomic E-state index is 0. The van der Waals surface area contributed by atoms with E-state index in [4.69, 9.17) is 33.0 Å². The number of halogens is 2. The van der Waals surface area contributed by atoms with Crippen molar-refractivity contribution in [2.45, 2.75) is 11.3 Å². The molecule has 0 heterocycles. The number of carbonyl (C=O) groups is 1. The Labute approximate surface area is 173 Å². The number of aliphatic carboxylic acids is 1. The number of ether oxygens (including phenoxy) is 1. The van der Waals surface area contributed by atoms with Crippen LogP contribution in [0.5, 0.6) is 11.5 Å². The van der Waals surface area contributed by atoms with Crippen LogP contribution in [-0.4, -0.2) is 25.7 Å². The molecule has 0 unspecified atom stereocenters. The molecule has 0 aliphatic rings. The molecule has 0 spiro atoms. The molecule has 0 saturated heterocycles. The van der Waals surface area contributed by atoms with E-state index in [2.05, 4.69) is 0 Å². The van der Waals surface area contributed by atoms with Gasteiger partial charge in [0, 0.05) is 6.26 Å². The molecule has 9 heteroatoms. The van der Waals surface area contributed by atoms with Crippen molar-refractivity contribution in [3.8, 4) is 11.5 Å². The van der Waals surface area contributed by atoms with Gasteiger partial charge >= 0.3 is 35.5 Å². The van der Waals surface area contributed by atoms with Crippen LogP contribution in [0.15, 0.2) is 41.3 Å². The Morgan fingerprint density at radius 1 is 1.12 bits per heavy atom. The summed E-state index contributed by atoms with van der Waals surface area (Å²) in [6, 6.07) is 8.66. The third-order valence-corrected chi connectivity index (χ3v) is 4.62. The van der Waals surface area contributed by atoms with Gasteiger partial charge in [-0.1, -0.05) is 29.3 Å². The number of sulfone groups is 1. The van der Waals surface area contributed by atoms with Crippen LogP contribution in [0.25, 0.3) is 0 Å². The molecule has 0 aromatic heterocycles. The fourth-order valence-electron chi connectivity index (χ4n) is 1.82. The predicted octanol–water partition coefficient (Wildman–Crippen LogP) is 0.933.